The largest absolute Gasteiger partial charge is 0.489 e. The number of guanidine groups is 1. The summed E-state index contributed by atoms with van der Waals surface area (Å²) in [5, 5.41) is 18.2. The molecule has 1 saturated heterocycles. The molecular formula is C25H33N5O. The van der Waals surface area contributed by atoms with Crippen molar-refractivity contribution in [1.29, 1.82) is 10.7 Å². The Kier molecular flexibility index (Phi) is 8.31. The third-order valence-corrected chi connectivity index (χ3v) is 5.89. The Morgan fingerprint density at radius 3 is 2.71 bits per heavy atom. The Balaban J connectivity index is 1.71. The summed E-state index contributed by atoms with van der Waals surface area (Å²) in [7, 11) is 0. The van der Waals surface area contributed by atoms with E-state index >= 15 is 0 Å². The first-order chi connectivity index (χ1) is 15.2. The molecule has 6 nitrogen and oxygen atoms in total. The molecule has 3 N–H and O–H groups in total. The van der Waals surface area contributed by atoms with Gasteiger partial charge in [-0.15, -0.1) is 0 Å². The van der Waals surface area contributed by atoms with Crippen molar-refractivity contribution in [3.63, 3.8) is 0 Å². The molecule has 0 spiro atoms. The van der Waals surface area contributed by atoms with E-state index in [2.05, 4.69) is 22.8 Å². The fourth-order valence-electron chi connectivity index (χ4n) is 4.10. The summed E-state index contributed by atoms with van der Waals surface area (Å²) >= 11 is 0. The average molecular weight is 420 g/mol. The number of hydrogen-bond donors (Lipinski definition) is 2. The number of nitrogens with two attached hydrogens (primary N) is 1. The van der Waals surface area contributed by atoms with Crippen LogP contribution in [-0.4, -0.2) is 36.5 Å². The van der Waals surface area contributed by atoms with Gasteiger partial charge < -0.3 is 20.3 Å². The molecule has 1 aliphatic rings. The molecule has 0 radical (unpaired) electrons. The second kappa shape index (κ2) is 11.4. The zero-order valence-corrected chi connectivity index (χ0v) is 18.4. The van der Waals surface area contributed by atoms with Crippen LogP contribution in [0.25, 0.3) is 0 Å². The van der Waals surface area contributed by atoms with E-state index in [0.29, 0.717) is 30.7 Å². The molecule has 0 aromatic heterocycles. The van der Waals surface area contributed by atoms with E-state index in [1.54, 1.807) is 6.07 Å². The van der Waals surface area contributed by atoms with Crippen LogP contribution in [0.4, 0.5) is 5.69 Å². The third kappa shape index (κ3) is 5.77. The van der Waals surface area contributed by atoms with Crippen molar-refractivity contribution in [2.24, 2.45) is 5.73 Å². The first kappa shape index (κ1) is 22.6. The Labute approximate surface area is 185 Å². The van der Waals surface area contributed by atoms with Gasteiger partial charge in [0.2, 0.25) is 0 Å². The van der Waals surface area contributed by atoms with Gasteiger partial charge in [-0.25, -0.2) is 0 Å². The quantitative estimate of drug-likeness (QED) is 0.486. The number of ether oxygens (including phenoxy) is 1. The zero-order valence-electron chi connectivity index (χ0n) is 18.4. The van der Waals surface area contributed by atoms with Crippen LogP contribution in [0.2, 0.25) is 0 Å². The summed E-state index contributed by atoms with van der Waals surface area (Å²) in [5.74, 6) is 1.31. The van der Waals surface area contributed by atoms with Gasteiger partial charge in [-0.3, -0.25) is 5.41 Å². The van der Waals surface area contributed by atoms with E-state index < -0.39 is 0 Å². The molecule has 1 aliphatic heterocycles. The van der Waals surface area contributed by atoms with Gasteiger partial charge in [0.25, 0.3) is 0 Å². The van der Waals surface area contributed by atoms with Gasteiger partial charge in [-0.1, -0.05) is 25.1 Å². The Morgan fingerprint density at radius 2 is 2.00 bits per heavy atom. The molecule has 1 unspecified atom stereocenters. The van der Waals surface area contributed by atoms with Crippen molar-refractivity contribution in [3.05, 3.63) is 59.7 Å². The second-order valence-electron chi connectivity index (χ2n) is 7.92. The number of nitrogens with one attached hydrogen (secondary N) is 1. The molecule has 3 rings (SSSR count). The number of rotatable bonds is 8. The molecule has 1 atom stereocenters. The van der Waals surface area contributed by atoms with Crippen LogP contribution in [0.15, 0.2) is 48.5 Å². The predicted molar refractivity (Wildman–Crippen MR) is 125 cm³/mol. The Morgan fingerprint density at radius 1 is 1.23 bits per heavy atom. The summed E-state index contributed by atoms with van der Waals surface area (Å²) in [4.78, 5) is 4.32. The van der Waals surface area contributed by atoms with Crippen molar-refractivity contribution in [2.75, 3.05) is 24.5 Å². The van der Waals surface area contributed by atoms with Gasteiger partial charge in [0.05, 0.1) is 11.6 Å². The van der Waals surface area contributed by atoms with Gasteiger partial charge >= 0.3 is 0 Å². The normalized spacial score (nSPS) is 15.9. The fraction of sp³-hybridized carbons (Fsp3) is 0.440. The van der Waals surface area contributed by atoms with E-state index in [-0.39, 0.29) is 0 Å². The van der Waals surface area contributed by atoms with Crippen LogP contribution in [-0.2, 0) is 6.61 Å². The lowest BCUT2D eigenvalue weighted by molar-refractivity contribution is 0.230. The number of likely N-dealkylation sites (tertiary alicyclic amines) is 1. The van der Waals surface area contributed by atoms with Crippen LogP contribution in [0.5, 0.6) is 5.75 Å². The predicted octanol–water partition coefficient (Wildman–Crippen LogP) is 4.49. The minimum absolute atomic E-state index is 0.349. The van der Waals surface area contributed by atoms with Crippen molar-refractivity contribution < 1.29 is 4.74 Å². The molecule has 2 aromatic rings. The minimum Gasteiger partial charge on any atom is -0.489 e. The number of nitrogens with zero attached hydrogens (tertiary/aromatic N) is 3. The van der Waals surface area contributed by atoms with Gasteiger partial charge in [0, 0.05) is 30.4 Å². The average Bonchev–Trinajstić information content (AvgIpc) is 2.83. The number of benzene rings is 2. The zero-order chi connectivity index (χ0) is 22.1. The molecule has 0 saturated carbocycles. The summed E-state index contributed by atoms with van der Waals surface area (Å²) in [6, 6.07) is 18.0. The number of nitriles is 1. The summed E-state index contributed by atoms with van der Waals surface area (Å²) < 4.78 is 5.91. The van der Waals surface area contributed by atoms with Gasteiger partial charge in [0.15, 0.2) is 5.96 Å². The summed E-state index contributed by atoms with van der Waals surface area (Å²) in [6.07, 6.45) is 5.42. The van der Waals surface area contributed by atoms with Crippen LogP contribution < -0.4 is 15.4 Å². The van der Waals surface area contributed by atoms with Gasteiger partial charge in [0.1, 0.15) is 12.4 Å². The van der Waals surface area contributed by atoms with Crippen LogP contribution in [0.3, 0.4) is 0 Å². The van der Waals surface area contributed by atoms with Crippen molar-refractivity contribution >= 4 is 11.6 Å². The molecule has 1 fully saturated rings. The lowest BCUT2D eigenvalue weighted by atomic mass is 10.0. The fourth-order valence-corrected chi connectivity index (χ4v) is 4.10. The lowest BCUT2D eigenvalue weighted by Crippen LogP contribution is -2.51. The van der Waals surface area contributed by atoms with E-state index in [1.807, 2.05) is 42.5 Å². The second-order valence-corrected chi connectivity index (χ2v) is 7.92. The highest BCUT2D eigenvalue weighted by Crippen LogP contribution is 2.25. The van der Waals surface area contributed by atoms with Crippen molar-refractivity contribution in [2.45, 2.75) is 51.7 Å². The maximum Gasteiger partial charge on any atom is 0.198 e. The number of hydrogen-bond acceptors (Lipinski definition) is 4. The highest BCUT2D eigenvalue weighted by atomic mass is 16.5. The molecule has 0 bridgehead atoms. The number of piperidine rings is 1. The molecule has 2 aromatic carbocycles. The van der Waals surface area contributed by atoms with Crippen molar-refractivity contribution in [1.82, 2.24) is 4.90 Å². The van der Waals surface area contributed by atoms with E-state index in [9.17, 15) is 5.26 Å². The van der Waals surface area contributed by atoms with E-state index in [1.165, 1.54) is 6.42 Å². The summed E-state index contributed by atoms with van der Waals surface area (Å²) in [5.41, 5.74) is 8.25. The lowest BCUT2D eigenvalue weighted by Gasteiger charge is -2.41. The highest BCUT2D eigenvalue weighted by molar-refractivity contribution is 5.94. The SMILES string of the molecule is CCC1CCCCN1C(=N)N(CCCN)c1ccc(OCc2ccccc2C#N)cc1. The van der Waals surface area contributed by atoms with Crippen molar-refractivity contribution in [3.8, 4) is 11.8 Å². The molecule has 0 aliphatic carbocycles. The van der Waals surface area contributed by atoms with E-state index in [0.717, 1.165) is 55.8 Å². The first-order valence-corrected chi connectivity index (χ1v) is 11.2. The minimum atomic E-state index is 0.349. The highest BCUT2D eigenvalue weighted by Gasteiger charge is 2.26. The van der Waals surface area contributed by atoms with Crippen LogP contribution in [0.1, 0.15) is 50.2 Å². The smallest absolute Gasteiger partial charge is 0.198 e. The topological polar surface area (TPSA) is 89.4 Å². The molecule has 6 heteroatoms. The summed E-state index contributed by atoms with van der Waals surface area (Å²) in [6.45, 7) is 4.81. The maximum atomic E-state index is 9.24. The van der Waals surface area contributed by atoms with E-state index in [4.69, 9.17) is 15.9 Å². The van der Waals surface area contributed by atoms with Gasteiger partial charge in [-0.2, -0.15) is 5.26 Å². The first-order valence-electron chi connectivity index (χ1n) is 11.2. The standard InChI is InChI=1S/C25H33N5O/c1-2-22-10-5-6-16-29(22)25(28)30(17-7-15-26)23-11-13-24(14-12-23)31-19-21-9-4-3-8-20(21)18-27/h3-4,8-9,11-14,22,28H,2,5-7,10,15-17,19,26H2,1H3. The molecule has 1 heterocycles. The third-order valence-electron chi connectivity index (χ3n) is 5.89. The molecule has 164 valence electrons. The van der Waals surface area contributed by atoms with Crippen LogP contribution >= 0.6 is 0 Å². The maximum absolute atomic E-state index is 9.24. The number of anilines is 1. The Hall–Kier alpha value is -3.04. The molecule has 31 heavy (non-hydrogen) atoms. The monoisotopic (exact) mass is 419 g/mol. The molecular weight excluding hydrogens is 386 g/mol. The molecule has 0 amide bonds. The Bertz CT molecular complexity index is 890. The van der Waals surface area contributed by atoms with Gasteiger partial charge in [-0.05, 0) is 69.0 Å². The van der Waals surface area contributed by atoms with Crippen LogP contribution in [0, 0.1) is 16.7 Å².